The second kappa shape index (κ2) is 7.47. The second-order valence-electron chi connectivity index (χ2n) is 4.96. The molecule has 0 aliphatic heterocycles. The summed E-state index contributed by atoms with van der Waals surface area (Å²) >= 11 is 0. The van der Waals surface area contributed by atoms with Crippen molar-refractivity contribution in [3.63, 3.8) is 0 Å². The average molecular weight is 291 g/mol. The van der Waals surface area contributed by atoms with Crippen LogP contribution in [0.5, 0.6) is 5.75 Å². The molecule has 0 heterocycles. The summed E-state index contributed by atoms with van der Waals surface area (Å²) in [4.78, 5) is 24.8. The van der Waals surface area contributed by atoms with E-state index in [-0.39, 0.29) is 23.8 Å². The Hall–Kier alpha value is -2.30. The summed E-state index contributed by atoms with van der Waals surface area (Å²) < 4.78 is 5.40. The molecule has 1 amide bonds. The molecule has 1 rings (SSSR count). The fraction of sp³-hybridized carbons (Fsp3) is 0.375. The Morgan fingerprint density at radius 1 is 1.38 bits per heavy atom. The molecule has 0 bridgehead atoms. The Kier molecular flexibility index (Phi) is 5.96. The van der Waals surface area contributed by atoms with Gasteiger partial charge in [-0.2, -0.15) is 0 Å². The van der Waals surface area contributed by atoms with Crippen molar-refractivity contribution in [2.24, 2.45) is 0 Å². The number of amides is 1. The van der Waals surface area contributed by atoms with Crippen molar-refractivity contribution in [1.29, 1.82) is 0 Å². The molecule has 0 unspecified atom stereocenters. The molecule has 1 aromatic carbocycles. The summed E-state index contributed by atoms with van der Waals surface area (Å²) in [5.74, 6) is -1.06. The average Bonchev–Trinajstić information content (AvgIpc) is 2.41. The summed E-state index contributed by atoms with van der Waals surface area (Å²) in [6.45, 7) is 10.2. The van der Waals surface area contributed by atoms with Crippen LogP contribution in [0.4, 0.5) is 0 Å². The quantitative estimate of drug-likeness (QED) is 0.784. The van der Waals surface area contributed by atoms with Crippen molar-refractivity contribution in [1.82, 2.24) is 4.90 Å². The summed E-state index contributed by atoms with van der Waals surface area (Å²) in [5.41, 5.74) is 1.81. The molecule has 0 saturated heterocycles. The van der Waals surface area contributed by atoms with E-state index in [0.717, 1.165) is 11.1 Å². The molecule has 0 aliphatic rings. The second-order valence-corrected chi connectivity index (χ2v) is 4.96. The van der Waals surface area contributed by atoms with E-state index in [1.807, 2.05) is 20.8 Å². The van der Waals surface area contributed by atoms with Crippen molar-refractivity contribution in [2.75, 3.05) is 19.7 Å². The van der Waals surface area contributed by atoms with Crippen LogP contribution in [-0.4, -0.2) is 41.6 Å². The van der Waals surface area contributed by atoms with E-state index in [0.29, 0.717) is 13.1 Å². The van der Waals surface area contributed by atoms with Crippen LogP contribution in [0.25, 0.3) is 0 Å². The van der Waals surface area contributed by atoms with Crippen LogP contribution in [0, 0.1) is 6.92 Å². The fourth-order valence-corrected chi connectivity index (χ4v) is 1.86. The number of hydrogen-bond acceptors (Lipinski definition) is 3. The molecule has 0 aliphatic carbocycles. The normalized spacial score (nSPS) is 10.0. The van der Waals surface area contributed by atoms with E-state index in [4.69, 9.17) is 9.84 Å². The van der Waals surface area contributed by atoms with Gasteiger partial charge in [0.25, 0.3) is 5.91 Å². The maximum absolute atomic E-state index is 12.1. The number of carbonyl (C=O) groups excluding carboxylic acids is 1. The van der Waals surface area contributed by atoms with Crippen LogP contribution < -0.4 is 4.74 Å². The number of carbonyl (C=O) groups is 2. The van der Waals surface area contributed by atoms with E-state index in [1.165, 1.54) is 6.07 Å². The maximum atomic E-state index is 12.1. The van der Waals surface area contributed by atoms with E-state index in [2.05, 4.69) is 6.58 Å². The van der Waals surface area contributed by atoms with Crippen molar-refractivity contribution >= 4 is 11.9 Å². The van der Waals surface area contributed by atoms with Crippen LogP contribution in [0.2, 0.25) is 0 Å². The van der Waals surface area contributed by atoms with Crippen molar-refractivity contribution in [2.45, 2.75) is 20.8 Å². The number of aryl methyl sites for hydroxylation is 1. The first kappa shape index (κ1) is 16.8. The van der Waals surface area contributed by atoms with Gasteiger partial charge in [0.1, 0.15) is 11.3 Å². The fourth-order valence-electron chi connectivity index (χ4n) is 1.86. The van der Waals surface area contributed by atoms with Gasteiger partial charge >= 0.3 is 5.97 Å². The van der Waals surface area contributed by atoms with Gasteiger partial charge in [0.15, 0.2) is 6.61 Å². The number of rotatable bonds is 7. The summed E-state index contributed by atoms with van der Waals surface area (Å²) in [6.07, 6.45) is 0. The van der Waals surface area contributed by atoms with Crippen LogP contribution >= 0.6 is 0 Å². The van der Waals surface area contributed by atoms with Crippen LogP contribution in [0.15, 0.2) is 30.4 Å². The molecule has 0 atom stereocenters. The molecule has 5 nitrogen and oxygen atoms in total. The predicted molar refractivity (Wildman–Crippen MR) is 80.7 cm³/mol. The molecule has 0 radical (unpaired) electrons. The predicted octanol–water partition coefficient (Wildman–Crippen LogP) is 2.50. The van der Waals surface area contributed by atoms with Gasteiger partial charge in [0.2, 0.25) is 0 Å². The lowest BCUT2D eigenvalue weighted by Crippen LogP contribution is -2.36. The summed E-state index contributed by atoms with van der Waals surface area (Å²) in [7, 11) is 0. The van der Waals surface area contributed by atoms with Gasteiger partial charge in [-0.25, -0.2) is 4.79 Å². The van der Waals surface area contributed by atoms with E-state index in [9.17, 15) is 9.59 Å². The number of carboxylic acids is 1. The van der Waals surface area contributed by atoms with Gasteiger partial charge in [-0.05, 0) is 38.5 Å². The monoisotopic (exact) mass is 291 g/mol. The molecule has 0 spiro atoms. The number of likely N-dealkylation sites (N-methyl/N-ethyl adjacent to an activating group) is 1. The van der Waals surface area contributed by atoms with Gasteiger partial charge in [-0.15, -0.1) is 0 Å². The Bertz CT molecular complexity index is 551. The first-order valence-corrected chi connectivity index (χ1v) is 6.74. The summed E-state index contributed by atoms with van der Waals surface area (Å²) in [5, 5.41) is 9.11. The molecule has 5 heteroatoms. The highest BCUT2D eigenvalue weighted by atomic mass is 16.5. The molecule has 114 valence electrons. The molecule has 21 heavy (non-hydrogen) atoms. The first-order valence-electron chi connectivity index (χ1n) is 6.74. The molecule has 0 saturated carbocycles. The number of carboxylic acid groups (broad SMARTS) is 1. The number of hydrogen-bond donors (Lipinski definition) is 1. The lowest BCUT2D eigenvalue weighted by molar-refractivity contribution is -0.132. The summed E-state index contributed by atoms with van der Waals surface area (Å²) in [6, 6.07) is 4.78. The lowest BCUT2D eigenvalue weighted by atomic mass is 10.1. The van der Waals surface area contributed by atoms with Gasteiger partial charge in [-0.3, -0.25) is 4.79 Å². The molecule has 1 aromatic rings. The minimum atomic E-state index is -1.08. The largest absolute Gasteiger partial charge is 0.483 e. The van der Waals surface area contributed by atoms with E-state index >= 15 is 0 Å². The lowest BCUT2D eigenvalue weighted by Gasteiger charge is -2.21. The zero-order chi connectivity index (χ0) is 16.0. The Balaban J connectivity index is 2.78. The van der Waals surface area contributed by atoms with Gasteiger partial charge in [0.05, 0.1) is 0 Å². The number of aromatic carboxylic acids is 1. The molecule has 1 N–H and O–H groups in total. The smallest absolute Gasteiger partial charge is 0.339 e. The van der Waals surface area contributed by atoms with Gasteiger partial charge < -0.3 is 14.7 Å². The highest BCUT2D eigenvalue weighted by molar-refractivity contribution is 5.91. The minimum Gasteiger partial charge on any atom is -0.483 e. The first-order chi connectivity index (χ1) is 9.85. The third-order valence-corrected chi connectivity index (χ3v) is 2.91. The Labute approximate surface area is 124 Å². The molecule has 0 aromatic heterocycles. The van der Waals surface area contributed by atoms with Crippen molar-refractivity contribution < 1.29 is 19.4 Å². The SMILES string of the molecule is C=C(C)CN(CC)C(=O)COc1cc(C)ccc1C(=O)O. The number of benzene rings is 1. The Morgan fingerprint density at radius 3 is 2.57 bits per heavy atom. The zero-order valence-electron chi connectivity index (χ0n) is 12.7. The van der Waals surface area contributed by atoms with Crippen LogP contribution in [0.3, 0.4) is 0 Å². The van der Waals surface area contributed by atoms with E-state index in [1.54, 1.807) is 17.0 Å². The highest BCUT2D eigenvalue weighted by Gasteiger charge is 2.16. The minimum absolute atomic E-state index is 0.0522. The van der Waals surface area contributed by atoms with Crippen LogP contribution in [-0.2, 0) is 4.79 Å². The zero-order valence-corrected chi connectivity index (χ0v) is 12.7. The highest BCUT2D eigenvalue weighted by Crippen LogP contribution is 2.20. The van der Waals surface area contributed by atoms with Crippen LogP contribution in [0.1, 0.15) is 29.8 Å². The van der Waals surface area contributed by atoms with Gasteiger partial charge in [0, 0.05) is 13.1 Å². The maximum Gasteiger partial charge on any atom is 0.339 e. The molecular weight excluding hydrogens is 270 g/mol. The topological polar surface area (TPSA) is 66.8 Å². The number of ether oxygens (including phenoxy) is 1. The van der Waals surface area contributed by atoms with E-state index < -0.39 is 5.97 Å². The standard InChI is InChI=1S/C16H21NO4/c1-5-17(9-11(2)3)15(18)10-21-14-8-12(4)6-7-13(14)16(19)20/h6-8H,2,5,9-10H2,1,3-4H3,(H,19,20). The Morgan fingerprint density at radius 2 is 2.05 bits per heavy atom. The molecular formula is C16H21NO4. The third-order valence-electron chi connectivity index (χ3n) is 2.91. The van der Waals surface area contributed by atoms with Gasteiger partial charge in [-0.1, -0.05) is 18.2 Å². The number of nitrogens with zero attached hydrogens (tertiary/aromatic N) is 1. The van der Waals surface area contributed by atoms with Crippen molar-refractivity contribution in [3.8, 4) is 5.75 Å². The molecule has 0 fully saturated rings. The van der Waals surface area contributed by atoms with Crippen molar-refractivity contribution in [3.05, 3.63) is 41.5 Å². The third kappa shape index (κ3) is 4.95.